The van der Waals surface area contributed by atoms with Gasteiger partial charge in [-0.2, -0.15) is 0 Å². The van der Waals surface area contributed by atoms with E-state index in [1.165, 1.54) is 0 Å². The van der Waals surface area contributed by atoms with Crippen LogP contribution in [0.25, 0.3) is 21.8 Å². The second-order valence-electron chi connectivity index (χ2n) is 5.64. The fraction of sp³-hybridized carbons (Fsp3) is 0.100. The number of aliphatic imine (C=N–C) groups is 2. The zero-order valence-electron chi connectivity index (χ0n) is 14.0. The third kappa shape index (κ3) is 3.75. The van der Waals surface area contributed by atoms with E-state index in [0.29, 0.717) is 24.7 Å². The zero-order valence-corrected chi connectivity index (χ0v) is 14.0. The highest BCUT2D eigenvalue weighted by molar-refractivity contribution is 5.83. The van der Waals surface area contributed by atoms with Crippen LogP contribution in [-0.4, -0.2) is 45.5 Å². The second kappa shape index (κ2) is 7.57. The first-order valence-electron chi connectivity index (χ1n) is 8.32. The standard InChI is InChI=1S/C20H16N6/c1-3-7-17-15(5-1)11-23-19(25-17)13-21-9-10-22-14-20-24-12-16-6-2-4-8-18(16)26-20/h1-8,11-14H,9-10H2. The molecule has 2 aromatic carbocycles. The smallest absolute Gasteiger partial charge is 0.170 e. The molecule has 0 bridgehead atoms. The summed E-state index contributed by atoms with van der Waals surface area (Å²) < 4.78 is 0. The van der Waals surface area contributed by atoms with Crippen molar-refractivity contribution in [1.82, 2.24) is 19.9 Å². The number of aromatic nitrogens is 4. The monoisotopic (exact) mass is 340 g/mol. The van der Waals surface area contributed by atoms with Crippen molar-refractivity contribution >= 4 is 34.2 Å². The third-order valence-electron chi connectivity index (χ3n) is 3.79. The molecule has 2 aromatic heterocycles. The number of hydrogen-bond acceptors (Lipinski definition) is 6. The Labute approximate surface area is 150 Å². The lowest BCUT2D eigenvalue weighted by atomic mass is 10.2. The van der Waals surface area contributed by atoms with Crippen LogP contribution in [-0.2, 0) is 0 Å². The summed E-state index contributed by atoms with van der Waals surface area (Å²) in [5.74, 6) is 1.20. The van der Waals surface area contributed by atoms with Crippen LogP contribution in [0.15, 0.2) is 70.9 Å². The van der Waals surface area contributed by atoms with Gasteiger partial charge in [-0.3, -0.25) is 9.98 Å². The Balaban J connectivity index is 1.34. The number of hydrogen-bond donors (Lipinski definition) is 0. The van der Waals surface area contributed by atoms with Gasteiger partial charge in [-0.25, -0.2) is 19.9 Å². The Morgan fingerprint density at radius 1 is 0.654 bits per heavy atom. The normalized spacial score (nSPS) is 11.8. The molecule has 0 radical (unpaired) electrons. The van der Waals surface area contributed by atoms with Gasteiger partial charge in [-0.05, 0) is 12.1 Å². The molecule has 26 heavy (non-hydrogen) atoms. The van der Waals surface area contributed by atoms with Gasteiger partial charge in [0.25, 0.3) is 0 Å². The molecular formula is C20H16N6. The first-order chi connectivity index (χ1) is 12.9. The van der Waals surface area contributed by atoms with E-state index < -0.39 is 0 Å². The van der Waals surface area contributed by atoms with Crippen molar-refractivity contribution < 1.29 is 0 Å². The van der Waals surface area contributed by atoms with Gasteiger partial charge in [0.1, 0.15) is 0 Å². The summed E-state index contributed by atoms with van der Waals surface area (Å²) >= 11 is 0. The molecule has 0 saturated carbocycles. The van der Waals surface area contributed by atoms with Crippen LogP contribution in [0.4, 0.5) is 0 Å². The minimum Gasteiger partial charge on any atom is -0.287 e. The largest absolute Gasteiger partial charge is 0.287 e. The summed E-state index contributed by atoms with van der Waals surface area (Å²) in [4.78, 5) is 26.1. The Morgan fingerprint density at radius 3 is 1.62 bits per heavy atom. The van der Waals surface area contributed by atoms with Crippen LogP contribution in [0.3, 0.4) is 0 Å². The van der Waals surface area contributed by atoms with Crippen molar-refractivity contribution in [3.8, 4) is 0 Å². The Bertz CT molecular complexity index is 1010. The predicted octanol–water partition coefficient (Wildman–Crippen LogP) is 3.11. The van der Waals surface area contributed by atoms with Gasteiger partial charge in [0.05, 0.1) is 36.6 Å². The number of rotatable bonds is 5. The molecule has 0 aliphatic rings. The van der Waals surface area contributed by atoms with E-state index in [-0.39, 0.29) is 0 Å². The Kier molecular flexibility index (Phi) is 4.64. The molecule has 0 aliphatic heterocycles. The first kappa shape index (κ1) is 16.0. The van der Waals surface area contributed by atoms with Gasteiger partial charge in [0.15, 0.2) is 11.6 Å². The molecule has 4 aromatic rings. The van der Waals surface area contributed by atoms with Gasteiger partial charge >= 0.3 is 0 Å². The lowest BCUT2D eigenvalue weighted by Crippen LogP contribution is -1.97. The maximum absolute atomic E-state index is 4.45. The van der Waals surface area contributed by atoms with Gasteiger partial charge in [0, 0.05) is 23.2 Å². The Morgan fingerprint density at radius 2 is 1.12 bits per heavy atom. The average Bonchev–Trinajstić information content (AvgIpc) is 2.70. The molecular weight excluding hydrogens is 324 g/mol. The lowest BCUT2D eigenvalue weighted by molar-refractivity contribution is 0.978. The number of para-hydroxylation sites is 2. The summed E-state index contributed by atoms with van der Waals surface area (Å²) in [5.41, 5.74) is 1.82. The second-order valence-corrected chi connectivity index (χ2v) is 5.64. The number of fused-ring (bicyclic) bond motifs is 2. The van der Waals surface area contributed by atoms with E-state index in [1.807, 2.05) is 48.5 Å². The molecule has 0 spiro atoms. The summed E-state index contributed by atoms with van der Waals surface area (Å²) in [7, 11) is 0. The maximum Gasteiger partial charge on any atom is 0.170 e. The molecule has 6 heteroatoms. The van der Waals surface area contributed by atoms with Crippen LogP contribution in [0.5, 0.6) is 0 Å². The average molecular weight is 340 g/mol. The topological polar surface area (TPSA) is 76.3 Å². The van der Waals surface area contributed by atoms with Crippen LogP contribution < -0.4 is 0 Å². The molecule has 126 valence electrons. The van der Waals surface area contributed by atoms with Crippen molar-refractivity contribution in [3.05, 3.63) is 72.6 Å². The zero-order chi connectivity index (χ0) is 17.6. The summed E-state index contributed by atoms with van der Waals surface area (Å²) in [6.07, 6.45) is 6.96. The minimum atomic E-state index is 0.556. The molecule has 0 unspecified atom stereocenters. The number of benzene rings is 2. The van der Waals surface area contributed by atoms with Crippen LogP contribution in [0.2, 0.25) is 0 Å². The van der Waals surface area contributed by atoms with Crippen molar-refractivity contribution in [2.75, 3.05) is 13.1 Å². The Hall–Kier alpha value is -3.54. The molecule has 0 amide bonds. The fourth-order valence-corrected chi connectivity index (χ4v) is 2.51. The van der Waals surface area contributed by atoms with Crippen LogP contribution in [0, 0.1) is 0 Å². The van der Waals surface area contributed by atoms with Crippen molar-refractivity contribution in [3.63, 3.8) is 0 Å². The van der Waals surface area contributed by atoms with E-state index in [1.54, 1.807) is 24.8 Å². The molecule has 4 rings (SSSR count). The van der Waals surface area contributed by atoms with Crippen molar-refractivity contribution in [2.45, 2.75) is 0 Å². The highest BCUT2D eigenvalue weighted by Gasteiger charge is 1.97. The van der Waals surface area contributed by atoms with Gasteiger partial charge in [-0.1, -0.05) is 36.4 Å². The third-order valence-corrected chi connectivity index (χ3v) is 3.79. The van der Waals surface area contributed by atoms with Crippen molar-refractivity contribution in [1.29, 1.82) is 0 Å². The van der Waals surface area contributed by atoms with E-state index >= 15 is 0 Å². The van der Waals surface area contributed by atoms with Crippen LogP contribution in [0.1, 0.15) is 11.6 Å². The quantitative estimate of drug-likeness (QED) is 0.413. The summed E-state index contributed by atoms with van der Waals surface area (Å²) in [6, 6.07) is 15.7. The summed E-state index contributed by atoms with van der Waals surface area (Å²) in [6.45, 7) is 1.11. The highest BCUT2D eigenvalue weighted by Crippen LogP contribution is 2.09. The molecule has 0 N–H and O–H groups in total. The van der Waals surface area contributed by atoms with Gasteiger partial charge in [-0.15, -0.1) is 0 Å². The first-order valence-corrected chi connectivity index (χ1v) is 8.32. The SMILES string of the molecule is C(=NCCN=Cc1ncc2ccccc2n1)c1ncc2ccccc2n1. The van der Waals surface area contributed by atoms with Gasteiger partial charge in [0.2, 0.25) is 0 Å². The maximum atomic E-state index is 4.45. The molecule has 0 saturated heterocycles. The predicted molar refractivity (Wildman–Crippen MR) is 104 cm³/mol. The van der Waals surface area contributed by atoms with Gasteiger partial charge < -0.3 is 0 Å². The van der Waals surface area contributed by atoms with E-state index in [0.717, 1.165) is 21.8 Å². The van der Waals surface area contributed by atoms with E-state index in [9.17, 15) is 0 Å². The molecule has 0 atom stereocenters. The molecule has 2 heterocycles. The highest BCUT2D eigenvalue weighted by atomic mass is 14.9. The van der Waals surface area contributed by atoms with E-state index in [4.69, 9.17) is 0 Å². The minimum absolute atomic E-state index is 0.556. The van der Waals surface area contributed by atoms with Crippen molar-refractivity contribution in [2.24, 2.45) is 9.98 Å². The number of nitrogens with zero attached hydrogens (tertiary/aromatic N) is 6. The molecule has 0 aliphatic carbocycles. The summed E-state index contributed by atoms with van der Waals surface area (Å²) in [5, 5.41) is 2.04. The molecule has 6 nitrogen and oxygen atoms in total. The fourth-order valence-electron chi connectivity index (χ4n) is 2.51. The van der Waals surface area contributed by atoms with Crippen LogP contribution >= 0.6 is 0 Å². The van der Waals surface area contributed by atoms with E-state index in [2.05, 4.69) is 29.9 Å². The molecule has 0 fully saturated rings. The lowest BCUT2D eigenvalue weighted by Gasteiger charge is -1.97.